The summed E-state index contributed by atoms with van der Waals surface area (Å²) in [6.45, 7) is 4.15. The van der Waals surface area contributed by atoms with Crippen LogP contribution in [0.4, 0.5) is 0 Å². The molecule has 0 aromatic heterocycles. The Morgan fingerprint density at radius 1 is 1.50 bits per heavy atom. The molecule has 0 aliphatic rings. The molecule has 0 saturated carbocycles. The van der Waals surface area contributed by atoms with Gasteiger partial charge in [-0.15, -0.1) is 0 Å². The number of hydrogen-bond donors (Lipinski definition) is 0. The third-order valence-corrected chi connectivity index (χ3v) is 2.36. The Bertz CT molecular complexity index is 276. The quantitative estimate of drug-likeness (QED) is 0.754. The lowest BCUT2D eigenvalue weighted by atomic mass is 10.1. The molecule has 77 valence electrons. The topological polar surface area (TPSA) is 18.5 Å². The van der Waals surface area contributed by atoms with Gasteiger partial charge in [0, 0.05) is 11.6 Å². The van der Waals surface area contributed by atoms with Crippen molar-refractivity contribution in [1.29, 1.82) is 0 Å². The average Bonchev–Trinajstić information content (AvgIpc) is 2.19. The Labute approximate surface area is 93.4 Å². The molecule has 0 heterocycles. The Morgan fingerprint density at radius 2 is 2.29 bits per heavy atom. The zero-order valence-electron chi connectivity index (χ0n) is 8.20. The maximum Gasteiger partial charge on any atom is 0.147 e. The highest BCUT2D eigenvalue weighted by Gasteiger charge is 2.09. The lowest BCUT2D eigenvalue weighted by Gasteiger charge is -2.15. The van der Waals surface area contributed by atoms with Crippen molar-refractivity contribution >= 4 is 15.9 Å². The minimum absolute atomic E-state index is 0.00690. The largest absolute Gasteiger partial charge is 0.359 e. The second-order valence-corrected chi connectivity index (χ2v) is 3.82. The number of ether oxygens (including phenoxy) is 2. The van der Waals surface area contributed by atoms with E-state index in [1.807, 2.05) is 24.3 Å². The van der Waals surface area contributed by atoms with Crippen molar-refractivity contribution < 1.29 is 9.47 Å². The van der Waals surface area contributed by atoms with Gasteiger partial charge >= 0.3 is 0 Å². The van der Waals surface area contributed by atoms with Gasteiger partial charge in [-0.3, -0.25) is 0 Å². The van der Waals surface area contributed by atoms with Crippen LogP contribution in [0.1, 0.15) is 18.1 Å². The highest BCUT2D eigenvalue weighted by atomic mass is 79.9. The van der Waals surface area contributed by atoms with E-state index >= 15 is 0 Å². The third kappa shape index (κ3) is 3.40. The van der Waals surface area contributed by atoms with Crippen LogP contribution in [0.25, 0.3) is 0 Å². The van der Waals surface area contributed by atoms with Crippen LogP contribution in [0.5, 0.6) is 0 Å². The van der Waals surface area contributed by atoms with E-state index in [1.54, 1.807) is 7.11 Å². The Kier molecular flexibility index (Phi) is 5.15. The summed E-state index contributed by atoms with van der Waals surface area (Å²) in [4.78, 5) is 0. The van der Waals surface area contributed by atoms with E-state index in [9.17, 15) is 0 Å². The first kappa shape index (κ1) is 11.7. The summed E-state index contributed by atoms with van der Waals surface area (Å²) >= 11 is 3.42. The molecule has 1 radical (unpaired) electrons. The first-order chi connectivity index (χ1) is 6.77. The molecule has 2 nitrogen and oxygen atoms in total. The van der Waals surface area contributed by atoms with Gasteiger partial charge < -0.3 is 9.47 Å². The molecule has 1 atom stereocenters. The molecule has 0 aliphatic carbocycles. The molecule has 0 saturated heterocycles. The van der Waals surface area contributed by atoms with Crippen molar-refractivity contribution in [3.05, 3.63) is 41.2 Å². The molecule has 3 heteroatoms. The van der Waals surface area contributed by atoms with Crippen molar-refractivity contribution in [1.82, 2.24) is 0 Å². The van der Waals surface area contributed by atoms with E-state index in [4.69, 9.17) is 9.47 Å². The molecule has 0 bridgehead atoms. The first-order valence-corrected chi connectivity index (χ1v) is 5.22. The van der Waals surface area contributed by atoms with Gasteiger partial charge in [0.25, 0.3) is 0 Å². The first-order valence-electron chi connectivity index (χ1n) is 4.43. The zero-order valence-corrected chi connectivity index (χ0v) is 9.79. The second kappa shape index (κ2) is 6.17. The molecule has 1 unspecified atom stereocenters. The summed E-state index contributed by atoms with van der Waals surface area (Å²) in [5.41, 5.74) is 1.12. The van der Waals surface area contributed by atoms with E-state index < -0.39 is 0 Å². The van der Waals surface area contributed by atoms with E-state index in [0.29, 0.717) is 13.2 Å². The van der Waals surface area contributed by atoms with Gasteiger partial charge in [0.05, 0.1) is 6.10 Å². The molecule has 0 aliphatic heterocycles. The molecule has 1 rings (SSSR count). The van der Waals surface area contributed by atoms with Crippen LogP contribution < -0.4 is 0 Å². The summed E-state index contributed by atoms with van der Waals surface area (Å²) in [5.74, 6) is 0. The SMILES string of the molecule is [CH2]CC(OCOC)c1cccc(Br)c1. The molecule has 0 N–H and O–H groups in total. The predicted molar refractivity (Wildman–Crippen MR) is 59.8 cm³/mol. The number of hydrogen-bond acceptors (Lipinski definition) is 2. The Hall–Kier alpha value is -0.380. The van der Waals surface area contributed by atoms with Gasteiger partial charge in [0.15, 0.2) is 0 Å². The van der Waals surface area contributed by atoms with Crippen molar-refractivity contribution in [3.8, 4) is 0 Å². The highest BCUT2D eigenvalue weighted by molar-refractivity contribution is 9.10. The predicted octanol–water partition coefficient (Wildman–Crippen LogP) is 3.33. The molecule has 1 aromatic carbocycles. The van der Waals surface area contributed by atoms with E-state index in [2.05, 4.69) is 22.9 Å². The van der Waals surface area contributed by atoms with Gasteiger partial charge in [-0.2, -0.15) is 0 Å². The molecule has 0 fully saturated rings. The minimum Gasteiger partial charge on any atom is -0.359 e. The molecule has 0 spiro atoms. The fourth-order valence-electron chi connectivity index (χ4n) is 1.20. The number of rotatable bonds is 5. The van der Waals surface area contributed by atoms with E-state index in [1.165, 1.54) is 0 Å². The zero-order chi connectivity index (χ0) is 10.4. The fourth-order valence-corrected chi connectivity index (χ4v) is 1.62. The maximum atomic E-state index is 5.48. The van der Waals surface area contributed by atoms with Gasteiger partial charge in [0.2, 0.25) is 0 Å². The van der Waals surface area contributed by atoms with Crippen LogP contribution in [0.15, 0.2) is 28.7 Å². The standard InChI is InChI=1S/C11H14BrO2/c1-3-11(14-8-13-2)9-5-4-6-10(12)7-9/h4-7,11H,1,3,8H2,2H3. The van der Waals surface area contributed by atoms with Crippen LogP contribution in [0.2, 0.25) is 0 Å². The Morgan fingerprint density at radius 3 is 2.86 bits per heavy atom. The molecule has 1 aromatic rings. The summed E-state index contributed by atoms with van der Waals surface area (Å²) < 4.78 is 11.4. The van der Waals surface area contributed by atoms with Gasteiger partial charge in [0.1, 0.15) is 6.79 Å². The van der Waals surface area contributed by atoms with Crippen molar-refractivity contribution in [2.45, 2.75) is 12.5 Å². The fraction of sp³-hybridized carbons (Fsp3) is 0.364. The van der Waals surface area contributed by atoms with E-state index in [-0.39, 0.29) is 6.10 Å². The smallest absolute Gasteiger partial charge is 0.147 e. The lowest BCUT2D eigenvalue weighted by Crippen LogP contribution is -2.05. The lowest BCUT2D eigenvalue weighted by molar-refractivity contribution is -0.0723. The van der Waals surface area contributed by atoms with Gasteiger partial charge in [-0.1, -0.05) is 35.0 Å². The second-order valence-electron chi connectivity index (χ2n) is 2.91. The number of benzene rings is 1. The molecular formula is C11H14BrO2. The molecule has 0 amide bonds. The number of methoxy groups -OCH3 is 1. The van der Waals surface area contributed by atoms with Gasteiger partial charge in [-0.25, -0.2) is 0 Å². The third-order valence-electron chi connectivity index (χ3n) is 1.87. The van der Waals surface area contributed by atoms with Crippen LogP contribution in [-0.2, 0) is 9.47 Å². The summed E-state index contributed by atoms with van der Waals surface area (Å²) in [6.07, 6.45) is 0.701. The average molecular weight is 258 g/mol. The maximum absolute atomic E-state index is 5.48. The molecular weight excluding hydrogens is 244 g/mol. The van der Waals surface area contributed by atoms with Crippen molar-refractivity contribution in [2.75, 3.05) is 13.9 Å². The highest BCUT2D eigenvalue weighted by Crippen LogP contribution is 2.23. The monoisotopic (exact) mass is 257 g/mol. The summed E-state index contributed by atoms with van der Waals surface area (Å²) in [7, 11) is 1.61. The Balaban J connectivity index is 2.68. The van der Waals surface area contributed by atoms with Crippen LogP contribution in [-0.4, -0.2) is 13.9 Å². The van der Waals surface area contributed by atoms with Crippen molar-refractivity contribution in [3.63, 3.8) is 0 Å². The van der Waals surface area contributed by atoms with Crippen molar-refractivity contribution in [2.24, 2.45) is 0 Å². The van der Waals surface area contributed by atoms with Crippen LogP contribution in [0, 0.1) is 6.92 Å². The summed E-state index contributed by atoms with van der Waals surface area (Å²) in [5, 5.41) is 0. The number of halogens is 1. The van der Waals surface area contributed by atoms with Crippen LogP contribution >= 0.6 is 15.9 Å². The summed E-state index contributed by atoms with van der Waals surface area (Å²) in [6, 6.07) is 8.03. The van der Waals surface area contributed by atoms with Gasteiger partial charge in [-0.05, 0) is 24.1 Å². The van der Waals surface area contributed by atoms with E-state index in [0.717, 1.165) is 10.0 Å². The molecule has 14 heavy (non-hydrogen) atoms. The minimum atomic E-state index is 0.00690. The van der Waals surface area contributed by atoms with Crippen LogP contribution in [0.3, 0.4) is 0 Å². The normalized spacial score (nSPS) is 12.8.